The van der Waals surface area contributed by atoms with Gasteiger partial charge in [0.1, 0.15) is 0 Å². The second kappa shape index (κ2) is 4.41. The predicted molar refractivity (Wildman–Crippen MR) is 45.6 cm³/mol. The summed E-state index contributed by atoms with van der Waals surface area (Å²) in [5.74, 6) is 0. The molecule has 0 aliphatic rings. The van der Waals surface area contributed by atoms with E-state index in [-0.39, 0.29) is 0 Å². The molecule has 0 fully saturated rings. The first-order valence-corrected chi connectivity index (χ1v) is 3.84. The first kappa shape index (κ1) is 8.62. The summed E-state index contributed by atoms with van der Waals surface area (Å²) in [7, 11) is 0. The fourth-order valence-corrected chi connectivity index (χ4v) is 0.969. The first-order valence-electron chi connectivity index (χ1n) is 3.84. The van der Waals surface area contributed by atoms with Crippen LogP contribution in [-0.2, 0) is 6.54 Å². The van der Waals surface area contributed by atoms with Crippen molar-refractivity contribution >= 4 is 0 Å². The van der Waals surface area contributed by atoms with Crippen LogP contribution >= 0.6 is 0 Å². The summed E-state index contributed by atoms with van der Waals surface area (Å²) < 4.78 is 1.90. The smallest absolute Gasteiger partial charge is 0.0492 e. The molecule has 0 aliphatic carbocycles. The third-order valence-electron chi connectivity index (χ3n) is 1.62. The van der Waals surface area contributed by atoms with Gasteiger partial charge in [-0.1, -0.05) is 5.11 Å². The zero-order valence-corrected chi connectivity index (χ0v) is 7.01. The minimum Gasteiger partial charge on any atom is -0.270 e. The van der Waals surface area contributed by atoms with Gasteiger partial charge in [-0.15, -0.1) is 0 Å². The topological polar surface area (TPSA) is 66.6 Å². The highest BCUT2D eigenvalue weighted by molar-refractivity contribution is 4.96. The van der Waals surface area contributed by atoms with Crippen molar-refractivity contribution in [2.75, 3.05) is 6.54 Å². The summed E-state index contributed by atoms with van der Waals surface area (Å²) in [6, 6.07) is 1.95. The van der Waals surface area contributed by atoms with Gasteiger partial charge < -0.3 is 0 Å². The molecule has 5 heteroatoms. The van der Waals surface area contributed by atoms with Crippen molar-refractivity contribution in [2.24, 2.45) is 5.11 Å². The molecule has 0 amide bonds. The molecule has 64 valence electrons. The van der Waals surface area contributed by atoms with Gasteiger partial charge in [-0.3, -0.25) is 4.68 Å². The van der Waals surface area contributed by atoms with Crippen molar-refractivity contribution < 1.29 is 0 Å². The lowest BCUT2D eigenvalue weighted by molar-refractivity contribution is 0.570. The van der Waals surface area contributed by atoms with Crippen LogP contribution in [0.25, 0.3) is 10.4 Å². The van der Waals surface area contributed by atoms with Crippen LogP contribution in [0.1, 0.15) is 12.1 Å². The van der Waals surface area contributed by atoms with E-state index in [9.17, 15) is 0 Å². The Kier molecular flexibility index (Phi) is 3.17. The van der Waals surface area contributed by atoms with Crippen molar-refractivity contribution in [1.82, 2.24) is 9.78 Å². The fourth-order valence-electron chi connectivity index (χ4n) is 0.969. The van der Waals surface area contributed by atoms with Gasteiger partial charge >= 0.3 is 0 Å². The maximum atomic E-state index is 8.01. The minimum absolute atomic E-state index is 0.538. The number of hydrogen-bond donors (Lipinski definition) is 0. The number of nitrogens with zero attached hydrogens (tertiary/aromatic N) is 5. The van der Waals surface area contributed by atoms with Gasteiger partial charge in [0.15, 0.2) is 0 Å². The maximum Gasteiger partial charge on any atom is 0.0492 e. The molecule has 0 saturated heterocycles. The Morgan fingerprint density at radius 3 is 3.17 bits per heavy atom. The number of aryl methyl sites for hydroxylation is 2. The average molecular weight is 165 g/mol. The quantitative estimate of drug-likeness (QED) is 0.291. The van der Waals surface area contributed by atoms with Gasteiger partial charge in [0, 0.05) is 29.9 Å². The molecular formula is C7H11N5. The molecule has 5 nitrogen and oxygen atoms in total. The molecule has 0 aliphatic heterocycles. The summed E-state index contributed by atoms with van der Waals surface area (Å²) in [4.78, 5) is 2.67. The Hall–Kier alpha value is -1.48. The highest BCUT2D eigenvalue weighted by atomic mass is 15.3. The van der Waals surface area contributed by atoms with Crippen LogP contribution < -0.4 is 0 Å². The van der Waals surface area contributed by atoms with Crippen molar-refractivity contribution in [3.05, 3.63) is 28.4 Å². The second-order valence-electron chi connectivity index (χ2n) is 2.50. The van der Waals surface area contributed by atoms with Crippen LogP contribution in [0.2, 0.25) is 0 Å². The average Bonchev–Trinajstić information content (AvgIpc) is 2.46. The number of aromatic nitrogens is 2. The van der Waals surface area contributed by atoms with Crippen LogP contribution in [0.3, 0.4) is 0 Å². The summed E-state index contributed by atoms with van der Waals surface area (Å²) in [5.41, 5.74) is 9.15. The first-order chi connectivity index (χ1) is 5.84. The zero-order chi connectivity index (χ0) is 8.81. The van der Waals surface area contributed by atoms with E-state index in [1.54, 1.807) is 6.20 Å². The second-order valence-corrected chi connectivity index (χ2v) is 2.50. The molecule has 0 aromatic carbocycles. The lowest BCUT2D eigenvalue weighted by Crippen LogP contribution is -2.02. The summed E-state index contributed by atoms with van der Waals surface area (Å²) in [6.07, 6.45) is 2.61. The molecule has 0 radical (unpaired) electrons. The normalized spacial score (nSPS) is 9.42. The molecular weight excluding hydrogens is 154 g/mol. The Labute approximate surface area is 70.6 Å². The lowest BCUT2D eigenvalue weighted by Gasteiger charge is -2.00. The molecule has 1 aromatic rings. The van der Waals surface area contributed by atoms with Gasteiger partial charge in [-0.2, -0.15) is 5.10 Å². The SMILES string of the molecule is Cc1ccnn1CCCN=[N+]=[N-]. The Bertz CT molecular complexity index is 284. The van der Waals surface area contributed by atoms with Crippen LogP contribution in [0.5, 0.6) is 0 Å². The molecule has 0 spiro atoms. The molecule has 0 N–H and O–H groups in total. The van der Waals surface area contributed by atoms with E-state index >= 15 is 0 Å². The van der Waals surface area contributed by atoms with Crippen LogP contribution in [0.15, 0.2) is 17.4 Å². The third kappa shape index (κ3) is 2.29. The van der Waals surface area contributed by atoms with Gasteiger partial charge in [0.2, 0.25) is 0 Å². The minimum atomic E-state index is 0.538. The van der Waals surface area contributed by atoms with Crippen LogP contribution in [0.4, 0.5) is 0 Å². The zero-order valence-electron chi connectivity index (χ0n) is 7.01. The number of hydrogen-bond acceptors (Lipinski definition) is 2. The largest absolute Gasteiger partial charge is 0.270 e. The van der Waals surface area contributed by atoms with E-state index < -0.39 is 0 Å². The maximum absolute atomic E-state index is 8.01. The van der Waals surface area contributed by atoms with Crippen molar-refractivity contribution in [3.8, 4) is 0 Å². The summed E-state index contributed by atoms with van der Waals surface area (Å²) in [5, 5.41) is 7.54. The number of rotatable bonds is 4. The predicted octanol–water partition coefficient (Wildman–Crippen LogP) is 1.89. The van der Waals surface area contributed by atoms with E-state index in [1.165, 1.54) is 0 Å². The molecule has 0 atom stereocenters. The van der Waals surface area contributed by atoms with Gasteiger partial charge in [0.05, 0.1) is 0 Å². The van der Waals surface area contributed by atoms with Crippen molar-refractivity contribution in [2.45, 2.75) is 19.9 Å². The van der Waals surface area contributed by atoms with E-state index in [1.807, 2.05) is 17.7 Å². The van der Waals surface area contributed by atoms with Crippen LogP contribution in [0, 0.1) is 6.92 Å². The molecule has 0 unspecified atom stereocenters. The Morgan fingerprint density at radius 1 is 1.75 bits per heavy atom. The Morgan fingerprint density at radius 2 is 2.58 bits per heavy atom. The van der Waals surface area contributed by atoms with E-state index in [4.69, 9.17) is 5.53 Å². The highest BCUT2D eigenvalue weighted by Gasteiger charge is 1.94. The van der Waals surface area contributed by atoms with E-state index in [2.05, 4.69) is 15.1 Å². The van der Waals surface area contributed by atoms with Gasteiger partial charge in [-0.25, -0.2) is 0 Å². The van der Waals surface area contributed by atoms with Gasteiger partial charge in [0.25, 0.3) is 0 Å². The molecule has 12 heavy (non-hydrogen) atoms. The molecule has 1 heterocycles. The molecule has 1 aromatic heterocycles. The fraction of sp³-hybridized carbons (Fsp3) is 0.571. The van der Waals surface area contributed by atoms with E-state index in [0.29, 0.717) is 6.54 Å². The van der Waals surface area contributed by atoms with E-state index in [0.717, 1.165) is 18.7 Å². The lowest BCUT2D eigenvalue weighted by atomic mass is 10.4. The summed E-state index contributed by atoms with van der Waals surface area (Å²) >= 11 is 0. The highest BCUT2D eigenvalue weighted by Crippen LogP contribution is 1.97. The van der Waals surface area contributed by atoms with Crippen LogP contribution in [-0.4, -0.2) is 16.3 Å². The molecule has 0 saturated carbocycles. The van der Waals surface area contributed by atoms with Gasteiger partial charge in [-0.05, 0) is 24.9 Å². The summed E-state index contributed by atoms with van der Waals surface area (Å²) in [6.45, 7) is 3.36. The molecule has 1 rings (SSSR count). The third-order valence-corrected chi connectivity index (χ3v) is 1.62. The molecule has 0 bridgehead atoms. The number of azide groups is 1. The monoisotopic (exact) mass is 165 g/mol. The van der Waals surface area contributed by atoms with Crippen molar-refractivity contribution in [1.29, 1.82) is 0 Å². The Balaban J connectivity index is 2.33. The van der Waals surface area contributed by atoms with Crippen molar-refractivity contribution in [3.63, 3.8) is 0 Å². The standard InChI is InChI=1S/C7H11N5/c1-7-3-5-10-12(7)6-2-4-9-11-8/h3,5H,2,4,6H2,1H3.